The van der Waals surface area contributed by atoms with Crippen molar-refractivity contribution in [2.45, 2.75) is 70.5 Å². The van der Waals surface area contributed by atoms with Crippen LogP contribution in [-0.4, -0.2) is 101 Å². The molecule has 308 valence electrons. The van der Waals surface area contributed by atoms with Gasteiger partial charge in [-0.05, 0) is 118 Å². The van der Waals surface area contributed by atoms with Crippen LogP contribution in [0.5, 0.6) is 0 Å². The van der Waals surface area contributed by atoms with Gasteiger partial charge >= 0.3 is 0 Å². The van der Waals surface area contributed by atoms with Gasteiger partial charge in [-0.3, -0.25) is 0 Å². The molecule has 2 aliphatic rings. The molecule has 8 heteroatoms. The lowest BCUT2D eigenvalue weighted by Gasteiger charge is -2.42. The Labute approximate surface area is 346 Å². The minimum Gasteiger partial charge on any atom is -0.396 e. The highest BCUT2D eigenvalue weighted by atomic mass is 79.9. The molecule has 0 spiro atoms. The van der Waals surface area contributed by atoms with Crippen molar-refractivity contribution in [3.05, 3.63) is 144 Å². The van der Waals surface area contributed by atoms with Crippen molar-refractivity contribution in [2.75, 3.05) is 70.9 Å². The van der Waals surface area contributed by atoms with E-state index in [0.717, 1.165) is 98.8 Å². The van der Waals surface area contributed by atoms with Gasteiger partial charge in [0.05, 0.1) is 0 Å². The topological polar surface area (TPSA) is 99.4 Å². The van der Waals surface area contributed by atoms with Crippen LogP contribution in [-0.2, 0) is 11.2 Å². The smallest absolute Gasteiger partial charge is 0.117 e. The molecule has 0 aromatic heterocycles. The van der Waals surface area contributed by atoms with Gasteiger partial charge < -0.3 is 35.5 Å². The largest absolute Gasteiger partial charge is 0.396 e. The number of piperidine rings is 2. The Bertz CT molecular complexity index is 1430. The zero-order valence-electron chi connectivity index (χ0n) is 34.3. The van der Waals surface area contributed by atoms with E-state index in [-0.39, 0.29) is 18.4 Å². The summed E-state index contributed by atoms with van der Waals surface area (Å²) < 4.78 is 0. The molecule has 0 unspecified atom stereocenters. The van der Waals surface area contributed by atoms with E-state index in [0.29, 0.717) is 6.61 Å². The molecular weight excluding hydrogens is 762 g/mol. The van der Waals surface area contributed by atoms with Crippen molar-refractivity contribution >= 4 is 15.9 Å². The average molecular weight is 833 g/mol. The molecule has 0 bridgehead atoms. The molecular formula is C48H70BrN3O4. The van der Waals surface area contributed by atoms with Crippen molar-refractivity contribution in [1.82, 2.24) is 15.1 Å². The van der Waals surface area contributed by atoms with Gasteiger partial charge in [-0.1, -0.05) is 158 Å². The summed E-state index contributed by atoms with van der Waals surface area (Å²) in [6.07, 6.45) is 5.62. The van der Waals surface area contributed by atoms with Crippen LogP contribution < -0.4 is 5.32 Å². The quantitative estimate of drug-likeness (QED) is 0.0821. The summed E-state index contributed by atoms with van der Waals surface area (Å²) in [7, 11) is 0. The molecule has 0 amide bonds. The average Bonchev–Trinajstić information content (AvgIpc) is 3.28. The second-order valence-electron chi connectivity index (χ2n) is 14.6. The van der Waals surface area contributed by atoms with E-state index in [1.54, 1.807) is 0 Å². The predicted octanol–water partition coefficient (Wildman–Crippen LogP) is 8.05. The van der Waals surface area contributed by atoms with Crippen LogP contribution in [0.15, 0.2) is 121 Å². The molecule has 2 fully saturated rings. The first kappa shape index (κ1) is 47.5. The molecule has 2 aliphatic heterocycles. The summed E-state index contributed by atoms with van der Waals surface area (Å²) in [5, 5.41) is 44.7. The Morgan fingerprint density at radius 1 is 0.571 bits per heavy atom. The second kappa shape index (κ2) is 26.9. The summed E-state index contributed by atoms with van der Waals surface area (Å²) in [5.74, 6) is 0.459. The highest BCUT2D eigenvalue weighted by molar-refractivity contribution is 9.09. The summed E-state index contributed by atoms with van der Waals surface area (Å²) >= 11 is 3.15. The molecule has 4 aromatic carbocycles. The SMILES string of the molecule is CCN(CC)CC.OC(c1ccccc1)(c1ccccc1)C1CCNCC1.OCCCBr.OCCCN1CCC(C(O)(c2ccccc2)c2ccccc2)CC1. The third-order valence-corrected chi connectivity index (χ3v) is 11.8. The van der Waals surface area contributed by atoms with Gasteiger partial charge in [-0.25, -0.2) is 0 Å². The van der Waals surface area contributed by atoms with Gasteiger partial charge in [-0.15, -0.1) is 0 Å². The molecule has 5 N–H and O–H groups in total. The van der Waals surface area contributed by atoms with Crippen LogP contribution in [0.3, 0.4) is 0 Å². The fourth-order valence-electron chi connectivity index (χ4n) is 7.88. The maximum atomic E-state index is 11.8. The Balaban J connectivity index is 0.000000236. The van der Waals surface area contributed by atoms with Gasteiger partial charge in [-0.2, -0.15) is 0 Å². The first-order valence-electron chi connectivity index (χ1n) is 20.9. The normalized spacial score (nSPS) is 15.4. The number of likely N-dealkylation sites (tertiary alicyclic amines) is 1. The van der Waals surface area contributed by atoms with E-state index >= 15 is 0 Å². The lowest BCUT2D eigenvalue weighted by atomic mass is 9.72. The summed E-state index contributed by atoms with van der Waals surface area (Å²) in [6.45, 7) is 15.5. The number of alkyl halides is 1. The van der Waals surface area contributed by atoms with Crippen molar-refractivity contribution < 1.29 is 20.4 Å². The molecule has 2 saturated heterocycles. The Morgan fingerprint density at radius 3 is 1.18 bits per heavy atom. The Kier molecular flexibility index (Phi) is 22.8. The van der Waals surface area contributed by atoms with Crippen LogP contribution in [0.2, 0.25) is 0 Å². The van der Waals surface area contributed by atoms with Crippen molar-refractivity contribution in [2.24, 2.45) is 11.8 Å². The zero-order chi connectivity index (χ0) is 40.5. The number of aliphatic hydroxyl groups is 4. The Hall–Kier alpha value is -2.92. The van der Waals surface area contributed by atoms with Gasteiger partial charge in [0.25, 0.3) is 0 Å². The van der Waals surface area contributed by atoms with Crippen LogP contribution in [0.4, 0.5) is 0 Å². The van der Waals surface area contributed by atoms with Crippen LogP contribution in [0.1, 0.15) is 81.5 Å². The molecule has 56 heavy (non-hydrogen) atoms. The monoisotopic (exact) mass is 831 g/mol. The number of hydrogen-bond acceptors (Lipinski definition) is 7. The minimum atomic E-state index is -0.939. The van der Waals surface area contributed by atoms with E-state index in [9.17, 15) is 10.2 Å². The molecule has 6 rings (SSSR count). The first-order valence-corrected chi connectivity index (χ1v) is 22.0. The maximum absolute atomic E-state index is 11.8. The number of halogens is 1. The predicted molar refractivity (Wildman–Crippen MR) is 237 cm³/mol. The molecule has 0 saturated carbocycles. The van der Waals surface area contributed by atoms with Crippen LogP contribution >= 0.6 is 15.9 Å². The number of benzene rings is 4. The Morgan fingerprint density at radius 2 is 0.911 bits per heavy atom. The van der Waals surface area contributed by atoms with Gasteiger partial charge in [0.15, 0.2) is 0 Å². The van der Waals surface area contributed by atoms with E-state index in [4.69, 9.17) is 10.2 Å². The van der Waals surface area contributed by atoms with E-state index in [2.05, 4.69) is 51.8 Å². The van der Waals surface area contributed by atoms with Crippen molar-refractivity contribution in [1.29, 1.82) is 0 Å². The van der Waals surface area contributed by atoms with E-state index in [1.807, 2.05) is 121 Å². The van der Waals surface area contributed by atoms with Gasteiger partial charge in [0.1, 0.15) is 11.2 Å². The summed E-state index contributed by atoms with van der Waals surface area (Å²) in [5.41, 5.74) is 2.13. The minimum absolute atomic E-state index is 0.202. The molecule has 4 aromatic rings. The molecule has 7 nitrogen and oxygen atoms in total. The highest BCUT2D eigenvalue weighted by Crippen LogP contribution is 2.42. The van der Waals surface area contributed by atoms with E-state index in [1.165, 1.54) is 19.6 Å². The lowest BCUT2D eigenvalue weighted by Crippen LogP contribution is -2.44. The first-order chi connectivity index (χ1) is 27.3. The van der Waals surface area contributed by atoms with Crippen molar-refractivity contribution in [3.63, 3.8) is 0 Å². The van der Waals surface area contributed by atoms with Crippen LogP contribution in [0, 0.1) is 11.8 Å². The third-order valence-electron chi connectivity index (χ3n) is 11.2. The zero-order valence-corrected chi connectivity index (χ0v) is 35.9. The van der Waals surface area contributed by atoms with Gasteiger partial charge in [0.2, 0.25) is 0 Å². The molecule has 0 aliphatic carbocycles. The third kappa shape index (κ3) is 14.2. The highest BCUT2D eigenvalue weighted by Gasteiger charge is 2.42. The lowest BCUT2D eigenvalue weighted by molar-refractivity contribution is -0.0147. The van der Waals surface area contributed by atoms with Crippen molar-refractivity contribution in [3.8, 4) is 0 Å². The molecule has 0 atom stereocenters. The number of aliphatic hydroxyl groups excluding tert-OH is 2. The number of rotatable bonds is 14. The fraction of sp³-hybridized carbons (Fsp3) is 0.500. The number of nitrogens with zero attached hydrogens (tertiary/aromatic N) is 2. The van der Waals surface area contributed by atoms with Gasteiger partial charge in [0, 0.05) is 25.1 Å². The van der Waals surface area contributed by atoms with Crippen LogP contribution in [0.25, 0.3) is 0 Å². The maximum Gasteiger partial charge on any atom is 0.117 e. The number of nitrogens with one attached hydrogen (secondary N) is 1. The second-order valence-corrected chi connectivity index (χ2v) is 15.4. The molecule has 2 heterocycles. The summed E-state index contributed by atoms with van der Waals surface area (Å²) in [4.78, 5) is 4.77. The fourth-order valence-corrected chi connectivity index (χ4v) is 8.13. The summed E-state index contributed by atoms with van der Waals surface area (Å²) in [6, 6.07) is 40.3. The number of hydrogen-bond donors (Lipinski definition) is 5. The van der Waals surface area contributed by atoms with E-state index < -0.39 is 11.2 Å². The standard InChI is InChI=1S/C21H27NO2.C18H21NO.C6H15N.C3H7BrO/c23-17-7-14-22-15-12-20(13-16-22)21(24,18-8-3-1-4-9-18)19-10-5-2-6-11-19;20-18(15-7-3-1-4-8-15,16-9-5-2-6-10-16)17-11-13-19-14-12-17;1-4-7(5-2)6-3;4-2-1-3-5/h1-6,8-11,20,23-24H,7,12-17H2;1-10,17,19-20H,11-14H2;4-6H2,1-3H3;5H,1-3H2. The molecule has 0 radical (unpaired) electrons.